The lowest BCUT2D eigenvalue weighted by Crippen LogP contribution is -2.51. The van der Waals surface area contributed by atoms with Gasteiger partial charge >= 0.3 is 0 Å². The van der Waals surface area contributed by atoms with Crippen molar-refractivity contribution in [2.75, 3.05) is 32.8 Å². The quantitative estimate of drug-likeness (QED) is 0.488. The maximum atomic E-state index is 12.8. The van der Waals surface area contributed by atoms with Crippen molar-refractivity contribution < 1.29 is 22.9 Å². The highest BCUT2D eigenvalue weighted by atomic mass is 32.2. The fraction of sp³-hybridized carbons (Fsp3) is 0.350. The summed E-state index contributed by atoms with van der Waals surface area (Å²) in [6.07, 6.45) is 0.790. The molecule has 0 radical (unpaired) electrons. The molecule has 1 heterocycles. The fourth-order valence-electron chi connectivity index (χ4n) is 3.25. The number of carbonyl (C=O) groups is 1. The molecule has 160 valence electrons. The number of nitro groups is 1. The Morgan fingerprint density at radius 3 is 2.47 bits per heavy atom. The van der Waals surface area contributed by atoms with Crippen LogP contribution in [0.25, 0.3) is 0 Å². The first-order chi connectivity index (χ1) is 14.3. The number of ether oxygens (including phenoxy) is 1. The molecular formula is C20H23N3O6S. The number of amides is 1. The largest absolute Gasteiger partial charge is 0.483 e. The Kier molecular flexibility index (Phi) is 6.68. The number of carbonyl (C=O) groups excluding carboxylic acids is 1. The van der Waals surface area contributed by atoms with Crippen LogP contribution >= 0.6 is 0 Å². The summed E-state index contributed by atoms with van der Waals surface area (Å²) in [4.78, 5) is 24.2. The highest BCUT2D eigenvalue weighted by Crippen LogP contribution is 2.22. The van der Waals surface area contributed by atoms with Gasteiger partial charge in [-0.1, -0.05) is 31.2 Å². The number of non-ortho nitro benzene ring substituents is 1. The molecule has 2 aromatic carbocycles. The summed E-state index contributed by atoms with van der Waals surface area (Å²) in [6.45, 7) is 2.57. The molecule has 1 saturated heterocycles. The van der Waals surface area contributed by atoms with E-state index in [4.69, 9.17) is 4.74 Å². The van der Waals surface area contributed by atoms with E-state index in [0.717, 1.165) is 18.1 Å². The topological polar surface area (TPSA) is 110 Å². The van der Waals surface area contributed by atoms with Crippen LogP contribution < -0.4 is 4.74 Å². The van der Waals surface area contributed by atoms with E-state index in [1.54, 1.807) is 4.90 Å². The SMILES string of the molecule is CCc1ccccc1OCC(=O)N1CCN(S(=O)(=O)c2cccc([N+](=O)[O-])c2)CC1. The van der Waals surface area contributed by atoms with Gasteiger partial charge in [0.25, 0.3) is 11.6 Å². The van der Waals surface area contributed by atoms with E-state index < -0.39 is 14.9 Å². The normalized spacial score (nSPS) is 15.0. The number of hydrogen-bond donors (Lipinski definition) is 0. The number of sulfonamides is 1. The van der Waals surface area contributed by atoms with Crippen LogP contribution in [-0.2, 0) is 21.2 Å². The standard InChI is InChI=1S/C20H23N3O6S/c1-2-16-6-3-4-9-19(16)29-15-20(24)21-10-12-22(13-11-21)30(27,28)18-8-5-7-17(14-18)23(25)26/h3-9,14H,2,10-13,15H2,1H3. The van der Waals surface area contributed by atoms with E-state index in [2.05, 4.69) is 0 Å². The molecule has 0 N–H and O–H groups in total. The van der Waals surface area contributed by atoms with Crippen molar-refractivity contribution in [3.8, 4) is 5.75 Å². The van der Waals surface area contributed by atoms with Crippen LogP contribution in [0.2, 0.25) is 0 Å². The predicted molar refractivity (Wildman–Crippen MR) is 110 cm³/mol. The summed E-state index contributed by atoms with van der Waals surface area (Å²) in [5.74, 6) is 0.452. The summed E-state index contributed by atoms with van der Waals surface area (Å²) < 4.78 is 32.5. The molecule has 30 heavy (non-hydrogen) atoms. The van der Waals surface area contributed by atoms with E-state index in [9.17, 15) is 23.3 Å². The highest BCUT2D eigenvalue weighted by molar-refractivity contribution is 7.89. The Morgan fingerprint density at radius 2 is 1.80 bits per heavy atom. The summed E-state index contributed by atoms with van der Waals surface area (Å²) in [5.41, 5.74) is 0.729. The van der Waals surface area contributed by atoms with Crippen LogP contribution in [0.1, 0.15) is 12.5 Å². The van der Waals surface area contributed by atoms with E-state index in [1.165, 1.54) is 22.5 Å². The van der Waals surface area contributed by atoms with Gasteiger partial charge in [0, 0.05) is 38.3 Å². The Labute approximate surface area is 175 Å². The van der Waals surface area contributed by atoms with Crippen LogP contribution in [0.3, 0.4) is 0 Å². The van der Waals surface area contributed by atoms with Gasteiger partial charge in [0.05, 0.1) is 9.82 Å². The van der Waals surface area contributed by atoms with E-state index in [1.807, 2.05) is 31.2 Å². The van der Waals surface area contributed by atoms with Gasteiger partial charge in [0.1, 0.15) is 5.75 Å². The van der Waals surface area contributed by atoms with Crippen LogP contribution in [0.4, 0.5) is 5.69 Å². The van der Waals surface area contributed by atoms with Crippen molar-refractivity contribution in [2.24, 2.45) is 0 Å². The maximum Gasteiger partial charge on any atom is 0.270 e. The van der Waals surface area contributed by atoms with Crippen molar-refractivity contribution in [1.29, 1.82) is 0 Å². The number of rotatable bonds is 7. The lowest BCUT2D eigenvalue weighted by molar-refractivity contribution is -0.385. The lowest BCUT2D eigenvalue weighted by atomic mass is 10.1. The van der Waals surface area contributed by atoms with Crippen LogP contribution in [0.5, 0.6) is 5.75 Å². The lowest BCUT2D eigenvalue weighted by Gasteiger charge is -2.34. The van der Waals surface area contributed by atoms with Crippen molar-refractivity contribution >= 4 is 21.6 Å². The molecule has 0 bridgehead atoms. The number of benzene rings is 2. The monoisotopic (exact) mass is 433 g/mol. The van der Waals surface area contributed by atoms with Crippen molar-refractivity contribution in [2.45, 2.75) is 18.2 Å². The first-order valence-electron chi connectivity index (χ1n) is 9.56. The molecule has 0 unspecified atom stereocenters. The van der Waals surface area contributed by atoms with Gasteiger partial charge in [0.15, 0.2) is 6.61 Å². The zero-order valence-corrected chi connectivity index (χ0v) is 17.4. The second-order valence-corrected chi connectivity index (χ2v) is 8.73. The first-order valence-corrected chi connectivity index (χ1v) is 11.0. The van der Waals surface area contributed by atoms with Crippen LogP contribution in [0.15, 0.2) is 53.4 Å². The summed E-state index contributed by atoms with van der Waals surface area (Å²) in [7, 11) is -3.87. The molecule has 0 saturated carbocycles. The highest BCUT2D eigenvalue weighted by Gasteiger charge is 2.31. The number of nitrogens with zero attached hydrogens (tertiary/aromatic N) is 3. The molecule has 10 heteroatoms. The Balaban J connectivity index is 1.59. The van der Waals surface area contributed by atoms with E-state index >= 15 is 0 Å². The third-order valence-electron chi connectivity index (χ3n) is 4.96. The van der Waals surface area contributed by atoms with E-state index in [-0.39, 0.29) is 49.3 Å². The zero-order valence-electron chi connectivity index (χ0n) is 16.6. The number of aryl methyl sites for hydroxylation is 1. The van der Waals surface area contributed by atoms with Crippen molar-refractivity contribution in [3.63, 3.8) is 0 Å². The van der Waals surface area contributed by atoms with Gasteiger partial charge < -0.3 is 9.64 Å². The second kappa shape index (κ2) is 9.23. The molecule has 1 aliphatic heterocycles. The average molecular weight is 433 g/mol. The Hall–Kier alpha value is -2.98. The molecule has 2 aromatic rings. The van der Waals surface area contributed by atoms with Crippen LogP contribution in [-0.4, -0.2) is 61.2 Å². The van der Waals surface area contributed by atoms with Gasteiger partial charge in [-0.15, -0.1) is 0 Å². The molecular weight excluding hydrogens is 410 g/mol. The predicted octanol–water partition coefficient (Wildman–Crippen LogP) is 2.07. The molecule has 1 amide bonds. The van der Waals surface area contributed by atoms with Crippen molar-refractivity contribution in [1.82, 2.24) is 9.21 Å². The Bertz CT molecular complexity index is 1030. The van der Waals surface area contributed by atoms with Crippen LogP contribution in [0, 0.1) is 10.1 Å². The third kappa shape index (κ3) is 4.77. The van der Waals surface area contributed by atoms with Gasteiger partial charge in [0.2, 0.25) is 10.0 Å². The maximum absolute atomic E-state index is 12.8. The van der Waals surface area contributed by atoms with Gasteiger partial charge in [-0.2, -0.15) is 4.31 Å². The number of hydrogen-bond acceptors (Lipinski definition) is 6. The summed E-state index contributed by atoms with van der Waals surface area (Å²) in [6, 6.07) is 12.5. The third-order valence-corrected chi connectivity index (χ3v) is 6.86. The molecule has 3 rings (SSSR count). The number of nitro benzene ring substituents is 1. The van der Waals surface area contributed by atoms with E-state index in [0.29, 0.717) is 5.75 Å². The number of piperazine rings is 1. The number of para-hydroxylation sites is 1. The molecule has 9 nitrogen and oxygen atoms in total. The minimum absolute atomic E-state index is 0.113. The molecule has 1 aliphatic rings. The zero-order chi connectivity index (χ0) is 21.7. The Morgan fingerprint density at radius 1 is 1.10 bits per heavy atom. The second-order valence-electron chi connectivity index (χ2n) is 6.79. The molecule has 1 fully saturated rings. The van der Waals surface area contributed by atoms with Gasteiger partial charge in [-0.3, -0.25) is 14.9 Å². The molecule has 0 spiro atoms. The molecule has 0 atom stereocenters. The van der Waals surface area contributed by atoms with Gasteiger partial charge in [-0.25, -0.2) is 8.42 Å². The van der Waals surface area contributed by atoms with Gasteiger partial charge in [-0.05, 0) is 24.1 Å². The summed E-state index contributed by atoms with van der Waals surface area (Å²) in [5, 5.41) is 10.9. The summed E-state index contributed by atoms with van der Waals surface area (Å²) >= 11 is 0. The first kappa shape index (κ1) is 21.7. The smallest absolute Gasteiger partial charge is 0.270 e. The molecule has 0 aliphatic carbocycles. The average Bonchev–Trinajstić information content (AvgIpc) is 2.77. The molecule has 0 aromatic heterocycles. The fourth-order valence-corrected chi connectivity index (χ4v) is 4.71. The minimum atomic E-state index is -3.87. The van der Waals surface area contributed by atoms with Crippen molar-refractivity contribution in [3.05, 3.63) is 64.2 Å². The minimum Gasteiger partial charge on any atom is -0.483 e.